The van der Waals surface area contributed by atoms with Crippen molar-refractivity contribution in [1.29, 1.82) is 0 Å². The Morgan fingerprint density at radius 2 is 2.06 bits per heavy atom. The largest absolute Gasteiger partial charge is 0.368 e. The van der Waals surface area contributed by atoms with Crippen molar-refractivity contribution in [3.63, 3.8) is 0 Å². The Balaban J connectivity index is 3.38. The van der Waals surface area contributed by atoms with Gasteiger partial charge in [0.15, 0.2) is 0 Å². The van der Waals surface area contributed by atoms with Crippen molar-refractivity contribution >= 4 is 28.1 Å². The number of halogens is 1. The van der Waals surface area contributed by atoms with E-state index in [2.05, 4.69) is 46.7 Å². The van der Waals surface area contributed by atoms with Crippen LogP contribution in [-0.2, 0) is 10.3 Å². The number of nitrogens with zero attached hydrogens (tertiary/aromatic N) is 1. The average Bonchev–Trinajstić information content (AvgIpc) is 2.32. The molecule has 0 saturated heterocycles. The lowest BCUT2D eigenvalue weighted by molar-refractivity contribution is -0.0393. The molecule has 1 aromatic rings. The molecule has 1 N–H and O–H groups in total. The Morgan fingerprint density at radius 3 is 2.50 bits per heavy atom. The van der Waals surface area contributed by atoms with Crippen LogP contribution in [0.1, 0.15) is 58.5 Å². The summed E-state index contributed by atoms with van der Waals surface area (Å²) < 4.78 is 7.31. The number of hydrogen-bond donors (Lipinski definition) is 1. The summed E-state index contributed by atoms with van der Waals surface area (Å²) in [6.45, 7) is 11.0. The van der Waals surface area contributed by atoms with Crippen molar-refractivity contribution in [2.45, 2.75) is 52.6 Å². The molecule has 0 aliphatic carbocycles. The number of hydrogen-bond acceptors (Lipinski definition) is 3. The Bertz CT molecular complexity index is 473. The number of nitrogens with one attached hydrogen (secondary N) is 1. The molecular formula is C13H21BrN2OS. The van der Waals surface area contributed by atoms with E-state index < -0.39 is 5.60 Å². The summed E-state index contributed by atoms with van der Waals surface area (Å²) >= 11 is 8.82. The molecule has 1 heterocycles. The zero-order valence-corrected chi connectivity index (χ0v) is 14.0. The van der Waals surface area contributed by atoms with Gasteiger partial charge in [-0.25, -0.2) is 4.98 Å². The van der Waals surface area contributed by atoms with E-state index in [1.807, 2.05) is 13.8 Å². The van der Waals surface area contributed by atoms with Gasteiger partial charge in [0.2, 0.25) is 0 Å². The van der Waals surface area contributed by atoms with Gasteiger partial charge < -0.3 is 9.72 Å². The summed E-state index contributed by atoms with van der Waals surface area (Å²) in [5, 5.41) is 0. The Kier molecular flexibility index (Phi) is 5.49. The highest BCUT2D eigenvalue weighted by molar-refractivity contribution is 9.10. The van der Waals surface area contributed by atoms with E-state index in [0.717, 1.165) is 22.4 Å². The topological polar surface area (TPSA) is 37.9 Å². The molecule has 0 fully saturated rings. The second-order valence-corrected chi connectivity index (χ2v) is 5.97. The molecule has 0 aromatic carbocycles. The van der Waals surface area contributed by atoms with Gasteiger partial charge in [-0.05, 0) is 42.1 Å². The van der Waals surface area contributed by atoms with Crippen molar-refractivity contribution in [2.75, 3.05) is 6.61 Å². The Labute approximate surface area is 122 Å². The van der Waals surface area contributed by atoms with Crippen molar-refractivity contribution < 1.29 is 4.74 Å². The highest BCUT2D eigenvalue weighted by Gasteiger charge is 2.28. The molecule has 5 heteroatoms. The maximum atomic E-state index is 5.84. The first-order valence-corrected chi connectivity index (χ1v) is 7.50. The van der Waals surface area contributed by atoms with Gasteiger partial charge in [-0.1, -0.05) is 33.0 Å². The van der Waals surface area contributed by atoms with Crippen LogP contribution in [0.4, 0.5) is 0 Å². The fraction of sp³-hybridized carbons (Fsp3) is 0.692. The number of aromatic nitrogens is 2. The number of aromatic amines is 1. The normalized spacial score (nSPS) is 14.8. The minimum absolute atomic E-state index is 0.352. The van der Waals surface area contributed by atoms with E-state index in [1.54, 1.807) is 0 Å². The molecule has 0 radical (unpaired) electrons. The third kappa shape index (κ3) is 3.19. The summed E-state index contributed by atoms with van der Waals surface area (Å²) in [4.78, 5) is 7.84. The standard InChI is InChI=1S/C13H21BrN2OS/c1-6-13(5,17-7-2)12-15-10(8(3)4)9(14)11(18)16-12/h8H,6-7H2,1-5H3,(H,15,16,18). The fourth-order valence-electron chi connectivity index (χ4n) is 1.78. The van der Waals surface area contributed by atoms with Crippen molar-refractivity contribution in [1.82, 2.24) is 9.97 Å². The Morgan fingerprint density at radius 1 is 1.44 bits per heavy atom. The molecule has 0 bridgehead atoms. The van der Waals surface area contributed by atoms with Gasteiger partial charge in [-0.3, -0.25) is 0 Å². The first-order chi connectivity index (χ1) is 8.35. The summed E-state index contributed by atoms with van der Waals surface area (Å²) in [7, 11) is 0. The smallest absolute Gasteiger partial charge is 0.144 e. The van der Waals surface area contributed by atoms with Crippen LogP contribution in [0.25, 0.3) is 0 Å². The van der Waals surface area contributed by atoms with Crippen LogP contribution in [0, 0.1) is 4.64 Å². The fourth-order valence-corrected chi connectivity index (χ4v) is 2.63. The van der Waals surface area contributed by atoms with E-state index in [1.165, 1.54) is 0 Å². The Hall–Kier alpha value is -0.260. The molecule has 1 aromatic heterocycles. The SMILES string of the molecule is CCOC(C)(CC)c1nc(=S)c(Br)c(C(C)C)[nH]1. The lowest BCUT2D eigenvalue weighted by Gasteiger charge is -2.28. The summed E-state index contributed by atoms with van der Waals surface area (Å²) in [6, 6.07) is 0. The van der Waals surface area contributed by atoms with Gasteiger partial charge in [0.25, 0.3) is 0 Å². The van der Waals surface area contributed by atoms with Crippen LogP contribution in [0.3, 0.4) is 0 Å². The van der Waals surface area contributed by atoms with Gasteiger partial charge in [-0.15, -0.1) is 0 Å². The molecule has 3 nitrogen and oxygen atoms in total. The second kappa shape index (κ2) is 6.26. The third-order valence-corrected chi connectivity index (χ3v) is 4.47. The molecule has 1 atom stereocenters. The van der Waals surface area contributed by atoms with E-state index in [4.69, 9.17) is 17.0 Å². The molecule has 18 heavy (non-hydrogen) atoms. The molecule has 0 amide bonds. The van der Waals surface area contributed by atoms with Gasteiger partial charge in [0.05, 0.1) is 4.47 Å². The third-order valence-electron chi connectivity index (χ3n) is 3.11. The molecule has 1 unspecified atom stereocenters. The van der Waals surface area contributed by atoms with Crippen LogP contribution in [0.15, 0.2) is 4.47 Å². The van der Waals surface area contributed by atoms with E-state index in [9.17, 15) is 0 Å². The summed E-state index contributed by atoms with van der Waals surface area (Å²) in [5.41, 5.74) is 0.663. The molecule has 0 spiro atoms. The predicted molar refractivity (Wildman–Crippen MR) is 80.5 cm³/mol. The zero-order valence-electron chi connectivity index (χ0n) is 11.6. The maximum absolute atomic E-state index is 5.84. The highest BCUT2D eigenvalue weighted by atomic mass is 79.9. The van der Waals surface area contributed by atoms with Crippen LogP contribution < -0.4 is 0 Å². The van der Waals surface area contributed by atoms with Crippen LogP contribution in [-0.4, -0.2) is 16.6 Å². The van der Waals surface area contributed by atoms with E-state index in [0.29, 0.717) is 17.2 Å². The zero-order chi connectivity index (χ0) is 13.9. The van der Waals surface area contributed by atoms with Gasteiger partial charge in [0, 0.05) is 12.3 Å². The predicted octanol–water partition coefficient (Wildman–Crippen LogP) is 4.69. The van der Waals surface area contributed by atoms with Gasteiger partial charge >= 0.3 is 0 Å². The maximum Gasteiger partial charge on any atom is 0.144 e. The quantitative estimate of drug-likeness (QED) is 0.795. The second-order valence-electron chi connectivity index (χ2n) is 4.79. The first kappa shape index (κ1) is 15.8. The minimum atomic E-state index is -0.410. The molecule has 0 aliphatic rings. The molecular weight excluding hydrogens is 312 g/mol. The first-order valence-electron chi connectivity index (χ1n) is 6.29. The van der Waals surface area contributed by atoms with Gasteiger partial charge in [0.1, 0.15) is 16.1 Å². The average molecular weight is 333 g/mol. The lowest BCUT2D eigenvalue weighted by atomic mass is 10.0. The van der Waals surface area contributed by atoms with E-state index >= 15 is 0 Å². The van der Waals surface area contributed by atoms with Crippen molar-refractivity contribution in [2.24, 2.45) is 0 Å². The van der Waals surface area contributed by atoms with Crippen LogP contribution >= 0.6 is 28.1 Å². The van der Waals surface area contributed by atoms with Crippen LogP contribution in [0.2, 0.25) is 0 Å². The van der Waals surface area contributed by atoms with Crippen molar-refractivity contribution in [3.05, 3.63) is 20.6 Å². The van der Waals surface area contributed by atoms with Crippen molar-refractivity contribution in [3.8, 4) is 0 Å². The number of H-pyrrole nitrogens is 1. The summed E-state index contributed by atoms with van der Waals surface area (Å²) in [5.74, 6) is 1.16. The number of ether oxygens (including phenoxy) is 1. The van der Waals surface area contributed by atoms with E-state index in [-0.39, 0.29) is 0 Å². The molecule has 0 aliphatic heterocycles. The summed E-state index contributed by atoms with van der Waals surface area (Å²) in [6.07, 6.45) is 0.846. The monoisotopic (exact) mass is 332 g/mol. The molecule has 1 rings (SSSR count). The van der Waals surface area contributed by atoms with Crippen LogP contribution in [0.5, 0.6) is 0 Å². The number of rotatable bonds is 5. The molecule has 102 valence electrons. The minimum Gasteiger partial charge on any atom is -0.368 e. The molecule has 0 saturated carbocycles. The van der Waals surface area contributed by atoms with Gasteiger partial charge in [-0.2, -0.15) is 0 Å². The lowest BCUT2D eigenvalue weighted by Crippen LogP contribution is -2.28. The highest BCUT2D eigenvalue weighted by Crippen LogP contribution is 2.30.